The van der Waals surface area contributed by atoms with Gasteiger partial charge in [0, 0.05) is 13.5 Å². The lowest BCUT2D eigenvalue weighted by Crippen LogP contribution is -2.57. The van der Waals surface area contributed by atoms with Crippen molar-refractivity contribution in [1.82, 2.24) is 15.4 Å². The average Bonchev–Trinajstić information content (AvgIpc) is 2.80. The number of nitrogens with two attached hydrogens (primary N) is 1. The molecule has 2 aromatic rings. The number of hydrogen-bond acceptors (Lipinski definition) is 6. The molecule has 0 bridgehead atoms. The van der Waals surface area contributed by atoms with E-state index in [1.807, 2.05) is 13.8 Å². The van der Waals surface area contributed by atoms with E-state index in [1.54, 1.807) is 42.5 Å². The van der Waals surface area contributed by atoms with Crippen LogP contribution in [0.4, 0.5) is 0 Å². The summed E-state index contributed by atoms with van der Waals surface area (Å²) in [4.78, 5) is 25.8. The summed E-state index contributed by atoms with van der Waals surface area (Å²) in [6, 6.07) is 11.9. The Morgan fingerprint density at radius 1 is 1.03 bits per heavy atom. The molecule has 0 radical (unpaired) electrons. The number of benzene rings is 2. The summed E-state index contributed by atoms with van der Waals surface area (Å²) < 4.78 is 27.6. The van der Waals surface area contributed by atoms with Crippen LogP contribution in [0.2, 0.25) is 0 Å². The Balaban J connectivity index is 0.00000648. The van der Waals surface area contributed by atoms with E-state index in [2.05, 4.69) is 15.4 Å². The SMILES string of the molecule is CC(C)C[C@H](NC(=O)[C@H](NS(=O)(=O)c1ccccc1)C(C)O)C(=O)NCc1ccc(C(=N)N)cc1.[HH]. The Kier molecular flexibility index (Phi) is 9.93. The van der Waals surface area contributed by atoms with E-state index in [4.69, 9.17) is 11.1 Å². The number of hydrogen-bond donors (Lipinski definition) is 6. The Morgan fingerprint density at radius 3 is 2.14 bits per heavy atom. The number of aliphatic hydroxyl groups excluding tert-OH is 1. The first-order chi connectivity index (χ1) is 16.4. The minimum absolute atomic E-state index is 0. The highest BCUT2D eigenvalue weighted by atomic mass is 32.2. The van der Waals surface area contributed by atoms with Crippen LogP contribution in [0, 0.1) is 11.3 Å². The lowest BCUT2D eigenvalue weighted by molar-refractivity contribution is -0.131. The van der Waals surface area contributed by atoms with Gasteiger partial charge in [-0.25, -0.2) is 8.42 Å². The second-order valence-electron chi connectivity index (χ2n) is 8.67. The van der Waals surface area contributed by atoms with Gasteiger partial charge in [-0.2, -0.15) is 4.72 Å². The molecule has 35 heavy (non-hydrogen) atoms. The van der Waals surface area contributed by atoms with Gasteiger partial charge in [-0.15, -0.1) is 0 Å². The van der Waals surface area contributed by atoms with Crippen molar-refractivity contribution < 1.29 is 24.5 Å². The molecule has 10 nitrogen and oxygen atoms in total. The van der Waals surface area contributed by atoms with Crippen LogP contribution in [0.3, 0.4) is 0 Å². The number of carbonyl (C=O) groups is 2. The van der Waals surface area contributed by atoms with Crippen LogP contribution in [-0.2, 0) is 26.2 Å². The molecule has 2 rings (SSSR count). The van der Waals surface area contributed by atoms with Crippen molar-refractivity contribution in [2.24, 2.45) is 11.7 Å². The molecule has 0 heterocycles. The van der Waals surface area contributed by atoms with Crippen LogP contribution in [0.15, 0.2) is 59.5 Å². The van der Waals surface area contributed by atoms with Crippen molar-refractivity contribution >= 4 is 27.7 Å². The predicted octanol–water partition coefficient (Wildman–Crippen LogP) is 1.09. The predicted molar refractivity (Wildman–Crippen MR) is 135 cm³/mol. The van der Waals surface area contributed by atoms with E-state index in [0.29, 0.717) is 12.0 Å². The van der Waals surface area contributed by atoms with Crippen molar-refractivity contribution in [2.45, 2.75) is 56.8 Å². The number of nitrogen functional groups attached to an aromatic ring is 1. The van der Waals surface area contributed by atoms with Gasteiger partial charge in [-0.3, -0.25) is 15.0 Å². The van der Waals surface area contributed by atoms with Crippen LogP contribution in [0.1, 0.15) is 39.7 Å². The van der Waals surface area contributed by atoms with Gasteiger partial charge in [0.1, 0.15) is 17.9 Å². The minimum Gasteiger partial charge on any atom is -0.391 e. The zero-order valence-electron chi connectivity index (χ0n) is 20.0. The molecule has 0 fully saturated rings. The normalized spacial score (nSPS) is 14.1. The maximum Gasteiger partial charge on any atom is 0.242 e. The fourth-order valence-electron chi connectivity index (χ4n) is 3.28. The monoisotopic (exact) mass is 505 g/mol. The number of aliphatic hydroxyl groups is 1. The van der Waals surface area contributed by atoms with E-state index in [-0.39, 0.29) is 24.6 Å². The van der Waals surface area contributed by atoms with Crippen molar-refractivity contribution in [3.05, 3.63) is 65.7 Å². The van der Waals surface area contributed by atoms with Crippen molar-refractivity contribution in [2.75, 3.05) is 0 Å². The molecule has 0 saturated heterocycles. The summed E-state index contributed by atoms with van der Waals surface area (Å²) >= 11 is 0. The first-order valence-electron chi connectivity index (χ1n) is 11.2. The van der Waals surface area contributed by atoms with Gasteiger partial charge in [0.25, 0.3) is 0 Å². The molecule has 7 N–H and O–H groups in total. The van der Waals surface area contributed by atoms with E-state index < -0.39 is 40.0 Å². The standard InChI is InChI=1S/C24H33N5O5S.H2/c1-15(2)13-20(23(31)27-14-17-9-11-18(12-10-17)22(25)26)28-24(32)21(16(3)30)29-35(33,34)19-7-5-4-6-8-19;/h4-12,15-16,20-21,29-30H,13-14H2,1-3H3,(H3,25,26)(H,27,31)(H,28,32);1H/t16?,20-,21+;/m0./s1. The summed E-state index contributed by atoms with van der Waals surface area (Å²) in [6.07, 6.45) is -1.05. The summed E-state index contributed by atoms with van der Waals surface area (Å²) in [5.74, 6) is -1.27. The van der Waals surface area contributed by atoms with Crippen LogP contribution >= 0.6 is 0 Å². The third-order valence-electron chi connectivity index (χ3n) is 5.17. The highest BCUT2D eigenvalue weighted by Gasteiger charge is 2.32. The van der Waals surface area contributed by atoms with Gasteiger partial charge in [-0.05, 0) is 37.0 Å². The number of nitrogens with one attached hydrogen (secondary N) is 4. The molecule has 0 aliphatic heterocycles. The maximum absolute atomic E-state index is 13.0. The summed E-state index contributed by atoms with van der Waals surface area (Å²) in [5.41, 5.74) is 6.78. The first-order valence-corrected chi connectivity index (χ1v) is 12.7. The molecule has 0 spiro atoms. The second kappa shape index (κ2) is 12.4. The van der Waals surface area contributed by atoms with Gasteiger partial charge >= 0.3 is 0 Å². The molecular weight excluding hydrogens is 470 g/mol. The Labute approximate surface area is 207 Å². The number of amides is 2. The third kappa shape index (κ3) is 8.46. The number of rotatable bonds is 12. The lowest BCUT2D eigenvalue weighted by atomic mass is 10.0. The molecule has 2 amide bonds. The Hall–Kier alpha value is -3.28. The minimum atomic E-state index is -4.08. The van der Waals surface area contributed by atoms with E-state index in [1.165, 1.54) is 19.1 Å². The van der Waals surface area contributed by atoms with Crippen molar-refractivity contribution in [3.8, 4) is 0 Å². The fourth-order valence-corrected chi connectivity index (χ4v) is 4.57. The molecule has 0 aliphatic rings. The van der Waals surface area contributed by atoms with E-state index in [9.17, 15) is 23.1 Å². The quantitative estimate of drug-likeness (QED) is 0.186. The number of carbonyl (C=O) groups excluding carboxylic acids is 2. The van der Waals surface area contributed by atoms with Crippen LogP contribution in [0.5, 0.6) is 0 Å². The molecule has 3 atom stereocenters. The van der Waals surface area contributed by atoms with Gasteiger partial charge in [0.05, 0.1) is 11.0 Å². The van der Waals surface area contributed by atoms with Crippen LogP contribution < -0.4 is 21.1 Å². The second-order valence-corrected chi connectivity index (χ2v) is 10.4. The Morgan fingerprint density at radius 2 is 1.63 bits per heavy atom. The molecular formula is C24H35N5O5S. The summed E-state index contributed by atoms with van der Waals surface area (Å²) in [6.45, 7) is 5.25. The topological polar surface area (TPSA) is 174 Å². The molecule has 0 aromatic heterocycles. The summed E-state index contributed by atoms with van der Waals surface area (Å²) in [7, 11) is -4.08. The van der Waals surface area contributed by atoms with Crippen molar-refractivity contribution in [1.29, 1.82) is 5.41 Å². The van der Waals surface area contributed by atoms with E-state index in [0.717, 1.165) is 5.56 Å². The van der Waals surface area contributed by atoms with E-state index >= 15 is 0 Å². The van der Waals surface area contributed by atoms with Gasteiger partial charge in [-0.1, -0.05) is 56.3 Å². The van der Waals surface area contributed by atoms with Crippen LogP contribution in [0.25, 0.3) is 0 Å². The number of sulfonamides is 1. The zero-order chi connectivity index (χ0) is 26.2. The Bertz CT molecular complexity index is 1130. The smallest absolute Gasteiger partial charge is 0.242 e. The largest absolute Gasteiger partial charge is 0.391 e. The molecule has 2 aromatic carbocycles. The molecule has 0 saturated carbocycles. The highest BCUT2D eigenvalue weighted by molar-refractivity contribution is 7.89. The number of amidine groups is 1. The average molecular weight is 506 g/mol. The maximum atomic E-state index is 13.0. The summed E-state index contributed by atoms with van der Waals surface area (Å²) in [5, 5.41) is 22.9. The van der Waals surface area contributed by atoms with Crippen molar-refractivity contribution in [3.63, 3.8) is 0 Å². The zero-order valence-corrected chi connectivity index (χ0v) is 20.8. The fraction of sp³-hybridized carbons (Fsp3) is 0.375. The molecule has 11 heteroatoms. The highest BCUT2D eigenvalue weighted by Crippen LogP contribution is 2.11. The molecule has 0 aliphatic carbocycles. The van der Waals surface area contributed by atoms with Gasteiger partial charge < -0.3 is 21.5 Å². The van der Waals surface area contributed by atoms with Gasteiger partial charge in [0.15, 0.2) is 0 Å². The third-order valence-corrected chi connectivity index (χ3v) is 6.63. The lowest BCUT2D eigenvalue weighted by Gasteiger charge is -2.25. The van der Waals surface area contributed by atoms with Crippen LogP contribution in [-0.4, -0.2) is 49.4 Å². The van der Waals surface area contributed by atoms with Gasteiger partial charge in [0.2, 0.25) is 21.8 Å². The molecule has 192 valence electrons. The first kappa shape index (κ1) is 28.0. The molecule has 1 unspecified atom stereocenters.